The molecule has 0 unspecified atom stereocenters. The summed E-state index contributed by atoms with van der Waals surface area (Å²) in [4.78, 5) is 11.5. The molecule has 5 heteroatoms. The molecule has 0 radical (unpaired) electrons. The van der Waals surface area contributed by atoms with E-state index in [0.29, 0.717) is 11.3 Å². The van der Waals surface area contributed by atoms with Crippen molar-refractivity contribution >= 4 is 5.97 Å². The zero-order chi connectivity index (χ0) is 13.1. The number of rotatable bonds is 3. The molecule has 1 heterocycles. The summed E-state index contributed by atoms with van der Waals surface area (Å²) in [5.41, 5.74) is 1.91. The molecule has 18 heavy (non-hydrogen) atoms. The number of esters is 1. The van der Waals surface area contributed by atoms with Gasteiger partial charge in [-0.05, 0) is 19.1 Å². The van der Waals surface area contributed by atoms with E-state index in [9.17, 15) is 4.79 Å². The predicted molar refractivity (Wildman–Crippen MR) is 66.2 cm³/mol. The van der Waals surface area contributed by atoms with Gasteiger partial charge >= 0.3 is 5.97 Å². The van der Waals surface area contributed by atoms with E-state index in [2.05, 4.69) is 5.10 Å². The number of hydrogen-bond donors (Lipinski definition) is 0. The maximum Gasteiger partial charge on any atom is 0.341 e. The molecule has 1 aromatic carbocycles. The highest BCUT2D eigenvalue weighted by atomic mass is 16.5. The molecule has 0 bridgehead atoms. The maximum atomic E-state index is 11.5. The first-order chi connectivity index (χ1) is 8.65. The summed E-state index contributed by atoms with van der Waals surface area (Å²) in [7, 11) is 2.96. The molecule has 0 spiro atoms. The van der Waals surface area contributed by atoms with Crippen LogP contribution >= 0.6 is 0 Å². The monoisotopic (exact) mass is 246 g/mol. The highest BCUT2D eigenvalue weighted by Crippen LogP contribution is 2.17. The molecule has 2 rings (SSSR count). The van der Waals surface area contributed by atoms with Crippen molar-refractivity contribution in [1.29, 1.82) is 0 Å². The van der Waals surface area contributed by atoms with Crippen LogP contribution in [0.1, 0.15) is 16.1 Å². The van der Waals surface area contributed by atoms with E-state index in [1.54, 1.807) is 24.9 Å². The molecule has 0 amide bonds. The minimum atomic E-state index is -0.387. The van der Waals surface area contributed by atoms with Crippen molar-refractivity contribution in [2.24, 2.45) is 0 Å². The van der Waals surface area contributed by atoms with Gasteiger partial charge in [0.05, 0.1) is 25.6 Å². The fourth-order valence-corrected chi connectivity index (χ4v) is 1.66. The number of ether oxygens (including phenoxy) is 2. The lowest BCUT2D eigenvalue weighted by Crippen LogP contribution is -2.01. The Balaban J connectivity index is 2.42. The van der Waals surface area contributed by atoms with Gasteiger partial charge in [0.2, 0.25) is 0 Å². The van der Waals surface area contributed by atoms with Crippen molar-refractivity contribution in [1.82, 2.24) is 9.78 Å². The molecule has 0 aliphatic rings. The topological polar surface area (TPSA) is 53.4 Å². The Bertz CT molecular complexity index is 575. The van der Waals surface area contributed by atoms with Gasteiger partial charge in [-0.25, -0.2) is 9.48 Å². The van der Waals surface area contributed by atoms with E-state index in [1.807, 2.05) is 24.3 Å². The standard InChI is InChI=1S/C13H14N2O3/c1-9-12(13(16)18-3)8-15(14-9)10-5-4-6-11(7-10)17-2/h4-8H,1-3H3. The number of carbonyl (C=O) groups excluding carboxylic acids is 1. The number of nitrogens with zero attached hydrogens (tertiary/aromatic N) is 2. The Morgan fingerprint density at radius 1 is 1.33 bits per heavy atom. The zero-order valence-electron chi connectivity index (χ0n) is 10.5. The molecule has 0 fully saturated rings. The van der Waals surface area contributed by atoms with E-state index < -0.39 is 0 Å². The minimum Gasteiger partial charge on any atom is -0.497 e. The second-order valence-electron chi connectivity index (χ2n) is 3.77. The SMILES string of the molecule is COC(=O)c1cn(-c2cccc(OC)c2)nc1C. The fraction of sp³-hybridized carbons (Fsp3) is 0.231. The summed E-state index contributed by atoms with van der Waals surface area (Å²) in [6.45, 7) is 1.77. The Morgan fingerprint density at radius 2 is 2.11 bits per heavy atom. The third kappa shape index (κ3) is 2.20. The highest BCUT2D eigenvalue weighted by Gasteiger charge is 2.14. The fourth-order valence-electron chi connectivity index (χ4n) is 1.66. The van der Waals surface area contributed by atoms with Crippen LogP contribution in [0.15, 0.2) is 30.5 Å². The number of aromatic nitrogens is 2. The first-order valence-electron chi connectivity index (χ1n) is 5.44. The Hall–Kier alpha value is -2.30. The number of benzene rings is 1. The van der Waals surface area contributed by atoms with E-state index >= 15 is 0 Å². The molecule has 1 aromatic heterocycles. The van der Waals surface area contributed by atoms with E-state index in [1.165, 1.54) is 7.11 Å². The van der Waals surface area contributed by atoms with E-state index in [-0.39, 0.29) is 5.97 Å². The first kappa shape index (κ1) is 12.2. The average molecular weight is 246 g/mol. The molecule has 0 N–H and O–H groups in total. The number of hydrogen-bond acceptors (Lipinski definition) is 4. The van der Waals surface area contributed by atoms with Gasteiger partial charge in [0.1, 0.15) is 11.3 Å². The van der Waals surface area contributed by atoms with Gasteiger partial charge in [0, 0.05) is 12.3 Å². The van der Waals surface area contributed by atoms with Gasteiger partial charge < -0.3 is 9.47 Å². The lowest BCUT2D eigenvalue weighted by Gasteiger charge is -2.03. The second kappa shape index (κ2) is 4.91. The summed E-state index contributed by atoms with van der Waals surface area (Å²) in [6.07, 6.45) is 1.65. The lowest BCUT2D eigenvalue weighted by molar-refractivity contribution is 0.0600. The normalized spacial score (nSPS) is 10.2. The minimum absolute atomic E-state index is 0.387. The van der Waals surface area contributed by atoms with Crippen molar-refractivity contribution in [2.75, 3.05) is 14.2 Å². The lowest BCUT2D eigenvalue weighted by atomic mass is 10.2. The highest BCUT2D eigenvalue weighted by molar-refractivity contribution is 5.90. The van der Waals surface area contributed by atoms with Crippen LogP contribution in [-0.4, -0.2) is 30.0 Å². The molecule has 0 saturated heterocycles. The average Bonchev–Trinajstić information content (AvgIpc) is 2.80. The van der Waals surface area contributed by atoms with Crippen molar-refractivity contribution in [3.8, 4) is 11.4 Å². The predicted octanol–water partition coefficient (Wildman–Crippen LogP) is 1.98. The Kier molecular flexibility index (Phi) is 3.32. The molecular weight excluding hydrogens is 232 g/mol. The Morgan fingerprint density at radius 3 is 2.78 bits per heavy atom. The quantitative estimate of drug-likeness (QED) is 0.777. The van der Waals surface area contributed by atoms with E-state index in [0.717, 1.165) is 11.4 Å². The molecule has 0 aliphatic heterocycles. The first-order valence-corrected chi connectivity index (χ1v) is 5.44. The van der Waals surface area contributed by atoms with Gasteiger partial charge in [-0.15, -0.1) is 0 Å². The van der Waals surface area contributed by atoms with Crippen LogP contribution in [-0.2, 0) is 4.74 Å². The summed E-state index contributed by atoms with van der Waals surface area (Å²) >= 11 is 0. The number of carbonyl (C=O) groups is 1. The zero-order valence-corrected chi connectivity index (χ0v) is 10.5. The van der Waals surface area contributed by atoms with Crippen LogP contribution in [0.5, 0.6) is 5.75 Å². The molecular formula is C13H14N2O3. The molecule has 2 aromatic rings. The van der Waals surface area contributed by atoms with Crippen molar-refractivity contribution in [2.45, 2.75) is 6.92 Å². The van der Waals surface area contributed by atoms with Gasteiger partial charge in [-0.3, -0.25) is 0 Å². The third-order valence-electron chi connectivity index (χ3n) is 2.62. The molecule has 0 aliphatic carbocycles. The van der Waals surface area contributed by atoms with Crippen LogP contribution in [0.25, 0.3) is 5.69 Å². The largest absolute Gasteiger partial charge is 0.497 e. The number of methoxy groups -OCH3 is 2. The van der Waals surface area contributed by atoms with Crippen LogP contribution in [0.3, 0.4) is 0 Å². The summed E-state index contributed by atoms with van der Waals surface area (Å²) in [6, 6.07) is 7.44. The molecule has 5 nitrogen and oxygen atoms in total. The summed E-state index contributed by atoms with van der Waals surface area (Å²) in [5, 5.41) is 4.29. The Labute approximate surface area is 105 Å². The van der Waals surface area contributed by atoms with Crippen molar-refractivity contribution in [3.63, 3.8) is 0 Å². The van der Waals surface area contributed by atoms with Gasteiger partial charge in [0.15, 0.2) is 0 Å². The van der Waals surface area contributed by atoms with Crippen LogP contribution in [0.4, 0.5) is 0 Å². The van der Waals surface area contributed by atoms with E-state index in [4.69, 9.17) is 9.47 Å². The van der Waals surface area contributed by atoms with Crippen LogP contribution in [0.2, 0.25) is 0 Å². The smallest absolute Gasteiger partial charge is 0.341 e. The van der Waals surface area contributed by atoms with Crippen molar-refractivity contribution in [3.05, 3.63) is 41.7 Å². The third-order valence-corrected chi connectivity index (χ3v) is 2.62. The molecule has 0 atom stereocenters. The van der Waals surface area contributed by atoms with Gasteiger partial charge in [-0.2, -0.15) is 5.10 Å². The summed E-state index contributed by atoms with van der Waals surface area (Å²) < 4.78 is 11.5. The van der Waals surface area contributed by atoms with Gasteiger partial charge in [0.25, 0.3) is 0 Å². The molecule has 0 saturated carbocycles. The summed E-state index contributed by atoms with van der Waals surface area (Å²) in [5.74, 6) is 0.349. The van der Waals surface area contributed by atoms with Gasteiger partial charge in [-0.1, -0.05) is 6.07 Å². The number of aryl methyl sites for hydroxylation is 1. The van der Waals surface area contributed by atoms with Crippen LogP contribution in [0, 0.1) is 6.92 Å². The molecule has 94 valence electrons. The van der Waals surface area contributed by atoms with Crippen molar-refractivity contribution < 1.29 is 14.3 Å². The van der Waals surface area contributed by atoms with Crippen LogP contribution < -0.4 is 4.74 Å². The second-order valence-corrected chi connectivity index (χ2v) is 3.77. The maximum absolute atomic E-state index is 11.5.